The van der Waals surface area contributed by atoms with Gasteiger partial charge in [0.1, 0.15) is 0 Å². The van der Waals surface area contributed by atoms with Crippen LogP contribution in [0.3, 0.4) is 0 Å². The Labute approximate surface area is 122 Å². The maximum Gasteiger partial charge on any atom is 0.303 e. The predicted octanol–water partition coefficient (Wildman–Crippen LogP) is 2.75. The molecule has 0 atom stereocenters. The van der Waals surface area contributed by atoms with Crippen molar-refractivity contribution in [1.82, 2.24) is 14.7 Å². The second kappa shape index (κ2) is 6.85. The molecule has 0 aromatic carbocycles. The Morgan fingerprint density at radius 2 is 2.20 bits per heavy atom. The van der Waals surface area contributed by atoms with Gasteiger partial charge in [-0.1, -0.05) is 6.42 Å². The molecule has 20 heavy (non-hydrogen) atoms. The van der Waals surface area contributed by atoms with Gasteiger partial charge in [-0.3, -0.25) is 9.20 Å². The number of aromatic nitrogens is 2. The third-order valence-electron chi connectivity index (χ3n) is 3.37. The highest BCUT2D eigenvalue weighted by Crippen LogP contribution is 2.20. The molecule has 0 aliphatic carbocycles. The quantitative estimate of drug-likeness (QED) is 0.735. The van der Waals surface area contributed by atoms with E-state index in [-0.39, 0.29) is 6.42 Å². The molecule has 0 aliphatic heterocycles. The highest BCUT2D eigenvalue weighted by Gasteiger charge is 2.11. The fraction of sp³-hybridized carbons (Fsp3) is 0.571. The van der Waals surface area contributed by atoms with Gasteiger partial charge in [0, 0.05) is 24.0 Å². The fourth-order valence-corrected chi connectivity index (χ4v) is 3.22. The third kappa shape index (κ3) is 3.58. The molecule has 0 unspecified atom stereocenters. The molecule has 0 amide bonds. The Kier molecular flexibility index (Phi) is 5.14. The maximum atomic E-state index is 10.4. The van der Waals surface area contributed by atoms with Gasteiger partial charge in [-0.15, -0.1) is 11.3 Å². The number of aliphatic carboxylic acids is 1. The largest absolute Gasteiger partial charge is 0.481 e. The number of carboxylic acids is 1. The maximum absolute atomic E-state index is 10.4. The fourth-order valence-electron chi connectivity index (χ4n) is 2.29. The lowest BCUT2D eigenvalue weighted by atomic mass is 10.2. The van der Waals surface area contributed by atoms with Crippen LogP contribution in [0.4, 0.5) is 0 Å². The highest BCUT2D eigenvalue weighted by atomic mass is 32.1. The highest BCUT2D eigenvalue weighted by molar-refractivity contribution is 7.15. The van der Waals surface area contributed by atoms with Crippen LogP contribution in [0.15, 0.2) is 5.38 Å². The third-order valence-corrected chi connectivity index (χ3v) is 4.31. The lowest BCUT2D eigenvalue weighted by Crippen LogP contribution is -2.17. The molecular formula is C14H21N3O2S. The molecule has 0 radical (unpaired) electrons. The van der Waals surface area contributed by atoms with Crippen LogP contribution >= 0.6 is 11.3 Å². The van der Waals surface area contributed by atoms with E-state index in [4.69, 9.17) is 5.11 Å². The number of carbonyl (C=O) groups is 1. The first-order valence-electron chi connectivity index (χ1n) is 6.94. The number of rotatable bonds is 8. The van der Waals surface area contributed by atoms with E-state index < -0.39 is 5.97 Å². The second-order valence-corrected chi connectivity index (χ2v) is 5.86. The van der Waals surface area contributed by atoms with Gasteiger partial charge in [0.05, 0.1) is 11.4 Å². The number of hydrogen-bond donors (Lipinski definition) is 2. The molecule has 0 bridgehead atoms. The Hall–Kier alpha value is -1.40. The van der Waals surface area contributed by atoms with E-state index in [2.05, 4.69) is 27.0 Å². The monoisotopic (exact) mass is 295 g/mol. The minimum Gasteiger partial charge on any atom is -0.481 e. The van der Waals surface area contributed by atoms with E-state index in [9.17, 15) is 4.79 Å². The van der Waals surface area contributed by atoms with Crippen molar-refractivity contribution in [3.8, 4) is 0 Å². The van der Waals surface area contributed by atoms with E-state index in [0.717, 1.165) is 43.0 Å². The molecule has 0 spiro atoms. The summed E-state index contributed by atoms with van der Waals surface area (Å²) >= 11 is 1.67. The summed E-state index contributed by atoms with van der Waals surface area (Å²) in [5, 5.41) is 14.1. The predicted molar refractivity (Wildman–Crippen MR) is 80.4 cm³/mol. The molecule has 0 fully saturated rings. The van der Waals surface area contributed by atoms with Crippen LogP contribution in [0.1, 0.15) is 42.8 Å². The van der Waals surface area contributed by atoms with Gasteiger partial charge >= 0.3 is 5.97 Å². The molecule has 2 aromatic rings. The second-order valence-electron chi connectivity index (χ2n) is 5.02. The molecule has 2 N–H and O–H groups in total. The molecule has 2 aromatic heterocycles. The smallest absolute Gasteiger partial charge is 0.303 e. The number of unbranched alkanes of at least 4 members (excludes halogenated alkanes) is 2. The summed E-state index contributed by atoms with van der Waals surface area (Å²) in [6.07, 6.45) is 3.00. The lowest BCUT2D eigenvalue weighted by Gasteiger charge is -2.06. The lowest BCUT2D eigenvalue weighted by molar-refractivity contribution is -0.137. The molecule has 110 valence electrons. The van der Waals surface area contributed by atoms with E-state index >= 15 is 0 Å². The zero-order valence-corrected chi connectivity index (χ0v) is 12.8. The summed E-state index contributed by atoms with van der Waals surface area (Å²) in [4.78, 5) is 16.0. The summed E-state index contributed by atoms with van der Waals surface area (Å²) in [5.74, 6) is -0.705. The number of nitrogens with one attached hydrogen (secondary N) is 1. The molecule has 2 heterocycles. The minimum absolute atomic E-state index is 0.274. The number of aryl methyl sites for hydroxylation is 2. The number of hydrogen-bond acceptors (Lipinski definition) is 4. The van der Waals surface area contributed by atoms with Crippen molar-refractivity contribution in [1.29, 1.82) is 0 Å². The number of carboxylic acid groups (broad SMARTS) is 1. The first-order valence-corrected chi connectivity index (χ1v) is 7.82. The van der Waals surface area contributed by atoms with Crippen molar-refractivity contribution in [3.63, 3.8) is 0 Å². The average molecular weight is 295 g/mol. The van der Waals surface area contributed by atoms with Crippen LogP contribution in [-0.2, 0) is 11.3 Å². The first kappa shape index (κ1) is 15.0. The minimum atomic E-state index is -0.705. The Morgan fingerprint density at radius 1 is 1.40 bits per heavy atom. The van der Waals surface area contributed by atoms with Crippen molar-refractivity contribution >= 4 is 22.3 Å². The molecule has 0 saturated heterocycles. The van der Waals surface area contributed by atoms with E-state index in [1.54, 1.807) is 11.3 Å². The topological polar surface area (TPSA) is 66.6 Å². The molecule has 5 nitrogen and oxygen atoms in total. The van der Waals surface area contributed by atoms with Crippen LogP contribution in [0.2, 0.25) is 0 Å². The van der Waals surface area contributed by atoms with Crippen molar-refractivity contribution in [2.75, 3.05) is 6.54 Å². The zero-order chi connectivity index (χ0) is 14.5. The van der Waals surface area contributed by atoms with Crippen molar-refractivity contribution in [3.05, 3.63) is 22.5 Å². The van der Waals surface area contributed by atoms with Gasteiger partial charge in [0.15, 0.2) is 4.96 Å². The van der Waals surface area contributed by atoms with Gasteiger partial charge in [-0.2, -0.15) is 0 Å². The average Bonchev–Trinajstić information content (AvgIpc) is 2.89. The van der Waals surface area contributed by atoms with Crippen molar-refractivity contribution < 1.29 is 9.90 Å². The van der Waals surface area contributed by atoms with Gasteiger partial charge in [0.25, 0.3) is 0 Å². The molecular weight excluding hydrogens is 274 g/mol. The summed E-state index contributed by atoms with van der Waals surface area (Å²) in [6, 6.07) is 0. The van der Waals surface area contributed by atoms with E-state index in [0.29, 0.717) is 0 Å². The van der Waals surface area contributed by atoms with Crippen LogP contribution in [0, 0.1) is 13.8 Å². The van der Waals surface area contributed by atoms with Gasteiger partial charge in [-0.05, 0) is 33.2 Å². The SMILES string of the molecule is Cc1nc2scc(C)n2c1CNCCCCCC(=O)O. The van der Waals surface area contributed by atoms with Crippen LogP contribution < -0.4 is 5.32 Å². The first-order chi connectivity index (χ1) is 9.59. The molecule has 0 aliphatic rings. The summed E-state index contributed by atoms with van der Waals surface area (Å²) < 4.78 is 2.21. The number of imidazole rings is 1. The Balaban J connectivity index is 1.77. The number of thiazole rings is 1. The summed E-state index contributed by atoms with van der Waals surface area (Å²) in [6.45, 7) is 5.86. The zero-order valence-electron chi connectivity index (χ0n) is 12.0. The van der Waals surface area contributed by atoms with Gasteiger partial charge < -0.3 is 10.4 Å². The van der Waals surface area contributed by atoms with E-state index in [1.807, 2.05) is 6.92 Å². The summed E-state index contributed by atoms with van der Waals surface area (Å²) in [5.41, 5.74) is 3.53. The van der Waals surface area contributed by atoms with Crippen molar-refractivity contribution in [2.24, 2.45) is 0 Å². The van der Waals surface area contributed by atoms with Crippen LogP contribution in [-0.4, -0.2) is 27.0 Å². The van der Waals surface area contributed by atoms with Gasteiger partial charge in [-0.25, -0.2) is 4.98 Å². The van der Waals surface area contributed by atoms with Crippen LogP contribution in [0.25, 0.3) is 4.96 Å². The molecule has 0 saturated carbocycles. The molecule has 2 rings (SSSR count). The summed E-state index contributed by atoms with van der Waals surface area (Å²) in [7, 11) is 0. The standard InChI is InChI=1S/C14H21N3O2S/c1-10-9-20-14-16-11(2)12(17(10)14)8-15-7-5-3-4-6-13(18)19/h9,15H,3-8H2,1-2H3,(H,18,19). The Bertz CT molecular complexity index is 589. The Morgan fingerprint density at radius 3 is 2.95 bits per heavy atom. The molecule has 6 heteroatoms. The normalized spacial score (nSPS) is 11.3. The van der Waals surface area contributed by atoms with Crippen molar-refractivity contribution in [2.45, 2.75) is 46.1 Å². The number of nitrogens with zero attached hydrogens (tertiary/aromatic N) is 2. The number of fused-ring (bicyclic) bond motifs is 1. The van der Waals surface area contributed by atoms with E-state index in [1.165, 1.54) is 11.4 Å². The van der Waals surface area contributed by atoms with Crippen LogP contribution in [0.5, 0.6) is 0 Å². The van der Waals surface area contributed by atoms with Gasteiger partial charge in [0.2, 0.25) is 0 Å².